The fourth-order valence-electron chi connectivity index (χ4n) is 3.30. The number of benzene rings is 2. The van der Waals surface area contributed by atoms with Crippen molar-refractivity contribution in [2.24, 2.45) is 0 Å². The number of ether oxygens (including phenoxy) is 3. The normalized spacial score (nSPS) is 18.7. The quantitative estimate of drug-likeness (QED) is 0.824. The highest BCUT2D eigenvalue weighted by atomic mass is 16.5. The van der Waals surface area contributed by atoms with Crippen LogP contribution in [0.2, 0.25) is 0 Å². The van der Waals surface area contributed by atoms with Crippen molar-refractivity contribution in [3.8, 4) is 23.0 Å². The number of fused-ring (bicyclic) bond motifs is 2. The predicted octanol–water partition coefficient (Wildman–Crippen LogP) is 4.12. The molecule has 26 heavy (non-hydrogen) atoms. The number of phenolic OH excluding ortho intramolecular Hbond substituents is 1. The summed E-state index contributed by atoms with van der Waals surface area (Å²) in [5.41, 5.74) is 1.39. The molecule has 2 aliphatic rings. The third-order valence-electron chi connectivity index (χ3n) is 4.78. The van der Waals surface area contributed by atoms with E-state index in [4.69, 9.17) is 14.2 Å². The van der Waals surface area contributed by atoms with Crippen molar-refractivity contribution in [2.45, 2.75) is 32.3 Å². The van der Waals surface area contributed by atoms with Gasteiger partial charge in [0.2, 0.25) is 5.78 Å². The average molecular weight is 352 g/mol. The molecule has 0 spiro atoms. The Morgan fingerprint density at radius 3 is 2.62 bits per heavy atom. The van der Waals surface area contributed by atoms with Gasteiger partial charge >= 0.3 is 0 Å². The molecule has 2 aliphatic heterocycles. The van der Waals surface area contributed by atoms with Gasteiger partial charge in [-0.05, 0) is 50.5 Å². The maximum atomic E-state index is 12.7. The Morgan fingerprint density at radius 2 is 1.92 bits per heavy atom. The van der Waals surface area contributed by atoms with E-state index in [1.165, 1.54) is 0 Å². The number of hydrogen-bond acceptors (Lipinski definition) is 5. The van der Waals surface area contributed by atoms with Crippen molar-refractivity contribution in [3.63, 3.8) is 0 Å². The summed E-state index contributed by atoms with van der Waals surface area (Å²) in [4.78, 5) is 12.7. The van der Waals surface area contributed by atoms with Gasteiger partial charge in [-0.15, -0.1) is 0 Å². The number of aromatic hydroxyl groups is 1. The Hall–Kier alpha value is -2.95. The second kappa shape index (κ2) is 5.80. The van der Waals surface area contributed by atoms with Crippen LogP contribution in [-0.4, -0.2) is 23.6 Å². The van der Waals surface area contributed by atoms with Gasteiger partial charge in [0.1, 0.15) is 34.2 Å². The van der Waals surface area contributed by atoms with Crippen molar-refractivity contribution in [3.05, 3.63) is 52.8 Å². The molecular weight excluding hydrogens is 332 g/mol. The lowest BCUT2D eigenvalue weighted by molar-refractivity contribution is 0.0834. The fraction of sp³-hybridized carbons (Fsp3) is 0.286. The molecule has 0 fully saturated rings. The first-order valence-electron chi connectivity index (χ1n) is 8.54. The summed E-state index contributed by atoms with van der Waals surface area (Å²) in [6, 6.07) is 9.00. The Kier molecular flexibility index (Phi) is 3.68. The third kappa shape index (κ3) is 2.69. The van der Waals surface area contributed by atoms with E-state index in [1.54, 1.807) is 19.3 Å². The highest BCUT2D eigenvalue weighted by molar-refractivity contribution is 6.16. The van der Waals surface area contributed by atoms with Crippen LogP contribution in [-0.2, 0) is 6.42 Å². The minimum Gasteiger partial charge on any atom is -0.507 e. The minimum atomic E-state index is -0.319. The lowest BCUT2D eigenvalue weighted by atomic mass is 9.91. The molecule has 0 aliphatic carbocycles. The number of allylic oxidation sites excluding steroid dienone is 1. The SMILES string of the molecule is COc1ccc(/C=C2\Oc3cc4c(c(O)c3C2=O)CCC(C)(C)O4)cc1. The van der Waals surface area contributed by atoms with Crippen LogP contribution in [0.15, 0.2) is 36.1 Å². The number of Topliss-reactive ketones (excluding diaryl/α,β-unsaturated/α-hetero) is 1. The number of hydrogen-bond donors (Lipinski definition) is 1. The van der Waals surface area contributed by atoms with Crippen LogP contribution in [0.4, 0.5) is 0 Å². The summed E-state index contributed by atoms with van der Waals surface area (Å²) in [6.07, 6.45) is 3.09. The zero-order valence-electron chi connectivity index (χ0n) is 15.0. The van der Waals surface area contributed by atoms with Crippen LogP contribution in [0.3, 0.4) is 0 Å². The van der Waals surface area contributed by atoms with E-state index < -0.39 is 0 Å². The van der Waals surface area contributed by atoms with Crippen molar-refractivity contribution >= 4 is 11.9 Å². The maximum absolute atomic E-state index is 12.7. The van der Waals surface area contributed by atoms with Crippen LogP contribution >= 0.6 is 0 Å². The lowest BCUT2D eigenvalue weighted by Crippen LogP contribution is -2.32. The minimum absolute atomic E-state index is 0.0314. The van der Waals surface area contributed by atoms with E-state index in [0.29, 0.717) is 23.5 Å². The maximum Gasteiger partial charge on any atom is 0.235 e. The van der Waals surface area contributed by atoms with E-state index in [0.717, 1.165) is 17.7 Å². The van der Waals surface area contributed by atoms with Gasteiger partial charge < -0.3 is 19.3 Å². The van der Waals surface area contributed by atoms with Crippen molar-refractivity contribution in [1.29, 1.82) is 0 Å². The van der Waals surface area contributed by atoms with Crippen molar-refractivity contribution < 1.29 is 24.1 Å². The predicted molar refractivity (Wildman–Crippen MR) is 97.1 cm³/mol. The summed E-state index contributed by atoms with van der Waals surface area (Å²) < 4.78 is 16.8. The Labute approximate surface area is 151 Å². The van der Waals surface area contributed by atoms with Crippen LogP contribution < -0.4 is 14.2 Å². The highest BCUT2D eigenvalue weighted by Gasteiger charge is 2.37. The number of methoxy groups -OCH3 is 1. The Morgan fingerprint density at radius 1 is 1.19 bits per heavy atom. The zero-order chi connectivity index (χ0) is 18.5. The molecule has 0 saturated carbocycles. The lowest BCUT2D eigenvalue weighted by Gasteiger charge is -2.33. The van der Waals surface area contributed by atoms with E-state index >= 15 is 0 Å². The molecule has 0 aromatic heterocycles. The van der Waals surface area contributed by atoms with Crippen molar-refractivity contribution in [2.75, 3.05) is 7.11 Å². The fourth-order valence-corrected chi connectivity index (χ4v) is 3.30. The smallest absolute Gasteiger partial charge is 0.235 e. The Bertz CT molecular complexity index is 922. The average Bonchev–Trinajstić information content (AvgIpc) is 2.90. The second-order valence-electron chi connectivity index (χ2n) is 7.15. The molecule has 0 radical (unpaired) electrons. The molecule has 5 heteroatoms. The standard InChI is InChI=1S/C21H20O5/c1-21(2)9-8-14-15(26-21)11-16-18(19(14)22)20(23)17(25-16)10-12-4-6-13(24-3)7-5-12/h4-7,10-11,22H,8-9H2,1-3H3/b17-10-. The number of phenols is 1. The molecule has 0 saturated heterocycles. The molecule has 0 bridgehead atoms. The number of rotatable bonds is 2. The first kappa shape index (κ1) is 16.5. The second-order valence-corrected chi connectivity index (χ2v) is 7.15. The van der Waals surface area contributed by atoms with E-state index in [2.05, 4.69) is 0 Å². The van der Waals surface area contributed by atoms with Crippen LogP contribution in [0.1, 0.15) is 41.8 Å². The van der Waals surface area contributed by atoms with Crippen LogP contribution in [0.25, 0.3) is 6.08 Å². The highest BCUT2D eigenvalue weighted by Crippen LogP contribution is 2.47. The van der Waals surface area contributed by atoms with Crippen molar-refractivity contribution in [1.82, 2.24) is 0 Å². The van der Waals surface area contributed by atoms with Gasteiger partial charge in [-0.25, -0.2) is 0 Å². The molecular formula is C21H20O5. The monoisotopic (exact) mass is 352 g/mol. The third-order valence-corrected chi connectivity index (χ3v) is 4.78. The summed E-state index contributed by atoms with van der Waals surface area (Å²) >= 11 is 0. The van der Waals surface area contributed by atoms with Gasteiger partial charge in [0.25, 0.3) is 0 Å². The molecule has 2 aromatic rings. The number of carbonyl (C=O) groups excluding carboxylic acids is 1. The zero-order valence-corrected chi connectivity index (χ0v) is 15.0. The molecule has 5 nitrogen and oxygen atoms in total. The number of ketones is 1. The Balaban J connectivity index is 1.71. The van der Waals surface area contributed by atoms with Gasteiger partial charge in [-0.3, -0.25) is 4.79 Å². The van der Waals surface area contributed by atoms with E-state index in [1.807, 2.05) is 38.1 Å². The molecule has 4 rings (SSSR count). The van der Waals surface area contributed by atoms with Gasteiger partial charge in [-0.2, -0.15) is 0 Å². The first-order chi connectivity index (χ1) is 12.4. The van der Waals surface area contributed by atoms with E-state index in [-0.39, 0.29) is 28.5 Å². The summed E-state index contributed by atoms with van der Waals surface area (Å²) in [5, 5.41) is 10.6. The molecule has 2 aromatic carbocycles. The van der Waals surface area contributed by atoms with Gasteiger partial charge in [-0.1, -0.05) is 12.1 Å². The molecule has 1 N–H and O–H groups in total. The van der Waals surface area contributed by atoms with Crippen LogP contribution in [0, 0.1) is 0 Å². The molecule has 2 heterocycles. The number of carbonyl (C=O) groups is 1. The molecule has 0 unspecified atom stereocenters. The molecule has 0 atom stereocenters. The first-order valence-corrected chi connectivity index (χ1v) is 8.54. The van der Waals surface area contributed by atoms with Crippen LogP contribution in [0.5, 0.6) is 23.0 Å². The van der Waals surface area contributed by atoms with Gasteiger partial charge in [0.05, 0.1) is 7.11 Å². The van der Waals surface area contributed by atoms with E-state index in [9.17, 15) is 9.90 Å². The topological polar surface area (TPSA) is 65.0 Å². The van der Waals surface area contributed by atoms with Gasteiger partial charge in [0.15, 0.2) is 5.76 Å². The summed E-state index contributed by atoms with van der Waals surface area (Å²) in [5.74, 6) is 1.48. The molecule has 0 amide bonds. The largest absolute Gasteiger partial charge is 0.507 e. The summed E-state index contributed by atoms with van der Waals surface area (Å²) in [6.45, 7) is 4.00. The molecule has 134 valence electrons. The summed E-state index contributed by atoms with van der Waals surface area (Å²) in [7, 11) is 1.60. The van der Waals surface area contributed by atoms with Gasteiger partial charge in [0, 0.05) is 11.6 Å².